The highest BCUT2D eigenvalue weighted by atomic mass is 35.5. The lowest BCUT2D eigenvalue weighted by atomic mass is 9.95. The minimum Gasteiger partial charge on any atom is -0.374 e. The SMILES string of the molecule is CC1(C)C2C(=O)N(Cc3cc4c(-c5cc(Cl)cc6c5N(CC5CNCCO5)CCC6)ncnn4c3)C(=O)C21. The Morgan fingerprint density at radius 1 is 1.18 bits per heavy atom. The smallest absolute Gasteiger partial charge is 0.233 e. The van der Waals surface area contributed by atoms with E-state index < -0.39 is 0 Å². The van der Waals surface area contributed by atoms with Gasteiger partial charge in [0.25, 0.3) is 0 Å². The number of fused-ring (bicyclic) bond motifs is 3. The molecule has 0 radical (unpaired) electrons. The number of nitrogens with zero attached hydrogens (tertiary/aromatic N) is 5. The van der Waals surface area contributed by atoms with Crippen LogP contribution in [0.4, 0.5) is 5.69 Å². The van der Waals surface area contributed by atoms with E-state index in [-0.39, 0.29) is 41.7 Å². The topological polar surface area (TPSA) is 92.1 Å². The zero-order valence-electron chi connectivity index (χ0n) is 21.6. The van der Waals surface area contributed by atoms with Gasteiger partial charge in [0.05, 0.1) is 42.3 Å². The third kappa shape index (κ3) is 3.74. The van der Waals surface area contributed by atoms with E-state index in [1.54, 1.807) is 10.8 Å². The van der Waals surface area contributed by atoms with Crippen LogP contribution in [0, 0.1) is 17.3 Å². The summed E-state index contributed by atoms with van der Waals surface area (Å²) in [7, 11) is 0. The first kappa shape index (κ1) is 24.1. The molecule has 3 aliphatic heterocycles. The van der Waals surface area contributed by atoms with Crippen molar-refractivity contribution in [3.8, 4) is 11.3 Å². The Morgan fingerprint density at radius 2 is 2.00 bits per heavy atom. The Kier molecular flexibility index (Phi) is 5.55. The minimum atomic E-state index is -0.217. The Balaban J connectivity index is 1.25. The number of piperidine rings is 1. The zero-order chi connectivity index (χ0) is 26.2. The molecule has 7 rings (SSSR count). The van der Waals surface area contributed by atoms with Crippen molar-refractivity contribution in [1.29, 1.82) is 0 Å². The third-order valence-electron chi connectivity index (χ3n) is 8.72. The summed E-state index contributed by atoms with van der Waals surface area (Å²) < 4.78 is 7.80. The van der Waals surface area contributed by atoms with E-state index in [0.717, 1.165) is 73.7 Å². The number of carbonyl (C=O) groups excluding carboxylic acids is 2. The molecule has 1 saturated carbocycles. The van der Waals surface area contributed by atoms with Crippen molar-refractivity contribution >= 4 is 34.6 Å². The number of anilines is 1. The van der Waals surface area contributed by atoms with Gasteiger partial charge < -0.3 is 15.0 Å². The molecule has 3 unspecified atom stereocenters. The molecule has 3 aromatic rings. The standard InChI is InChI=1S/C28H31ClN6O3/c1-28(2)22-23(28)27(37)34(26(22)36)12-16-8-21-24(31-15-32-35(21)13-16)20-10-18(29)9-17-4-3-6-33(25(17)20)14-19-11-30-5-7-38-19/h8-10,13,15,19,22-23,30H,3-7,11-12,14H2,1-2H3. The summed E-state index contributed by atoms with van der Waals surface area (Å²) in [6.45, 7) is 8.41. The molecule has 0 bridgehead atoms. The van der Waals surface area contributed by atoms with Crippen LogP contribution in [-0.2, 0) is 27.3 Å². The van der Waals surface area contributed by atoms with Crippen molar-refractivity contribution < 1.29 is 14.3 Å². The fourth-order valence-corrected chi connectivity index (χ4v) is 7.00. The van der Waals surface area contributed by atoms with Gasteiger partial charge in [-0.2, -0.15) is 5.10 Å². The summed E-state index contributed by atoms with van der Waals surface area (Å²) in [5, 5.41) is 8.54. The summed E-state index contributed by atoms with van der Waals surface area (Å²) in [5.41, 5.74) is 5.55. The summed E-state index contributed by atoms with van der Waals surface area (Å²) in [6.07, 6.45) is 5.55. The second-order valence-electron chi connectivity index (χ2n) is 11.5. The number of rotatable bonds is 5. The van der Waals surface area contributed by atoms with Gasteiger partial charge in [0.1, 0.15) is 6.33 Å². The van der Waals surface area contributed by atoms with Crippen LogP contribution in [0.1, 0.15) is 31.4 Å². The number of likely N-dealkylation sites (tertiary alicyclic amines) is 1. The van der Waals surface area contributed by atoms with Crippen LogP contribution in [0.2, 0.25) is 5.02 Å². The molecule has 1 aromatic carbocycles. The van der Waals surface area contributed by atoms with Crippen molar-refractivity contribution in [2.75, 3.05) is 37.7 Å². The summed E-state index contributed by atoms with van der Waals surface area (Å²) >= 11 is 6.63. The maximum absolute atomic E-state index is 12.9. The van der Waals surface area contributed by atoms with Crippen molar-refractivity contribution in [2.24, 2.45) is 17.3 Å². The molecule has 1 aliphatic carbocycles. The lowest BCUT2D eigenvalue weighted by molar-refractivity contribution is -0.143. The number of ether oxygens (including phenoxy) is 1. The van der Waals surface area contributed by atoms with Gasteiger partial charge in [-0.15, -0.1) is 0 Å². The molecule has 3 fully saturated rings. The van der Waals surface area contributed by atoms with Crippen molar-refractivity contribution in [2.45, 2.75) is 39.3 Å². The normalized spacial score (nSPS) is 26.1. The average molecular weight is 535 g/mol. The van der Waals surface area contributed by atoms with Crippen LogP contribution < -0.4 is 10.2 Å². The number of morpholine rings is 1. The quantitative estimate of drug-likeness (QED) is 0.503. The predicted molar refractivity (Wildman–Crippen MR) is 143 cm³/mol. The molecule has 3 atom stereocenters. The molecule has 5 heterocycles. The van der Waals surface area contributed by atoms with E-state index >= 15 is 0 Å². The fraction of sp³-hybridized carbons (Fsp3) is 0.500. The minimum absolute atomic E-state index is 0.0643. The first-order valence-electron chi connectivity index (χ1n) is 13.4. The first-order chi connectivity index (χ1) is 18.3. The highest BCUT2D eigenvalue weighted by Gasteiger charge is 2.72. The molecule has 9 nitrogen and oxygen atoms in total. The van der Waals surface area contributed by atoms with Gasteiger partial charge >= 0.3 is 0 Å². The van der Waals surface area contributed by atoms with Crippen LogP contribution in [0.5, 0.6) is 0 Å². The second-order valence-corrected chi connectivity index (χ2v) is 12.0. The molecule has 2 saturated heterocycles. The molecular weight excluding hydrogens is 504 g/mol. The number of hydrogen-bond donors (Lipinski definition) is 1. The first-order valence-corrected chi connectivity index (χ1v) is 13.8. The van der Waals surface area contributed by atoms with Crippen LogP contribution in [0.15, 0.2) is 30.7 Å². The number of amides is 2. The number of aromatic nitrogens is 3. The number of aryl methyl sites for hydroxylation is 1. The molecule has 198 valence electrons. The number of halogens is 1. The summed E-state index contributed by atoms with van der Waals surface area (Å²) in [4.78, 5) is 34.3. The maximum atomic E-state index is 12.9. The Bertz CT molecular complexity index is 1440. The Labute approximate surface area is 226 Å². The summed E-state index contributed by atoms with van der Waals surface area (Å²) in [6, 6.07) is 6.03. The van der Waals surface area contributed by atoms with Crippen molar-refractivity contribution in [1.82, 2.24) is 24.8 Å². The molecule has 2 amide bonds. The molecule has 4 aliphatic rings. The highest BCUT2D eigenvalue weighted by molar-refractivity contribution is 6.31. The molecule has 0 spiro atoms. The fourth-order valence-electron chi connectivity index (χ4n) is 6.76. The third-order valence-corrected chi connectivity index (χ3v) is 8.94. The molecular formula is C28H31ClN6O3. The number of imide groups is 1. The maximum Gasteiger partial charge on any atom is 0.233 e. The summed E-state index contributed by atoms with van der Waals surface area (Å²) in [5.74, 6) is -0.500. The van der Waals surface area contributed by atoms with Gasteiger partial charge in [0.15, 0.2) is 0 Å². The Morgan fingerprint density at radius 3 is 2.76 bits per heavy atom. The number of nitrogens with one attached hydrogen (secondary N) is 1. The van der Waals surface area contributed by atoms with Gasteiger partial charge in [0, 0.05) is 48.6 Å². The van der Waals surface area contributed by atoms with Gasteiger partial charge in [-0.3, -0.25) is 14.5 Å². The van der Waals surface area contributed by atoms with Gasteiger partial charge in [0.2, 0.25) is 11.8 Å². The molecule has 2 aromatic heterocycles. The van der Waals surface area contributed by atoms with Crippen molar-refractivity contribution in [3.63, 3.8) is 0 Å². The van der Waals surface area contributed by atoms with Gasteiger partial charge in [-0.1, -0.05) is 25.4 Å². The van der Waals surface area contributed by atoms with Gasteiger partial charge in [-0.25, -0.2) is 9.50 Å². The lowest BCUT2D eigenvalue weighted by Gasteiger charge is -2.37. The van der Waals surface area contributed by atoms with Crippen LogP contribution in [0.3, 0.4) is 0 Å². The number of carbonyl (C=O) groups is 2. The van der Waals surface area contributed by atoms with Crippen molar-refractivity contribution in [3.05, 3.63) is 46.9 Å². The van der Waals surface area contributed by atoms with Crippen LogP contribution in [0.25, 0.3) is 16.8 Å². The zero-order valence-corrected chi connectivity index (χ0v) is 22.4. The predicted octanol–water partition coefficient (Wildman–Crippen LogP) is 2.93. The van der Waals surface area contributed by atoms with Gasteiger partial charge in [-0.05, 0) is 47.6 Å². The monoisotopic (exact) mass is 534 g/mol. The number of benzene rings is 1. The second kappa shape index (κ2) is 8.76. The van der Waals surface area contributed by atoms with E-state index in [9.17, 15) is 9.59 Å². The van der Waals surface area contributed by atoms with E-state index in [4.69, 9.17) is 21.3 Å². The molecule has 38 heavy (non-hydrogen) atoms. The largest absolute Gasteiger partial charge is 0.374 e. The van der Waals surface area contributed by atoms with Crippen LogP contribution >= 0.6 is 11.6 Å². The van der Waals surface area contributed by atoms with E-state index in [0.29, 0.717) is 5.02 Å². The average Bonchev–Trinajstić information content (AvgIpc) is 3.14. The highest BCUT2D eigenvalue weighted by Crippen LogP contribution is 2.63. The molecule has 10 heteroatoms. The Hall–Kier alpha value is -3.01. The van der Waals surface area contributed by atoms with E-state index in [1.807, 2.05) is 32.2 Å². The van der Waals surface area contributed by atoms with E-state index in [2.05, 4.69) is 21.4 Å². The molecule has 1 N–H and O–H groups in total. The lowest BCUT2D eigenvalue weighted by Crippen LogP contribution is -2.46. The number of hydrogen-bond acceptors (Lipinski definition) is 7. The van der Waals surface area contributed by atoms with E-state index in [1.165, 1.54) is 10.5 Å². The van der Waals surface area contributed by atoms with Crippen LogP contribution in [-0.4, -0.2) is 70.2 Å².